The molecule has 2 aliphatic heterocycles. The van der Waals surface area contributed by atoms with Crippen molar-refractivity contribution in [1.29, 1.82) is 0 Å². The number of hydrogen-bond acceptors (Lipinski definition) is 4. The smallest absolute Gasteiger partial charge is 0.337 e. The number of aliphatic carboxylic acids is 1. The molecule has 0 fully saturated rings. The van der Waals surface area contributed by atoms with Gasteiger partial charge < -0.3 is 19.5 Å². The summed E-state index contributed by atoms with van der Waals surface area (Å²) in [7, 11) is 0. The minimum absolute atomic E-state index is 0.0668. The zero-order valence-electron chi connectivity index (χ0n) is 24.6. The number of fused-ring (bicyclic) bond motifs is 2. The summed E-state index contributed by atoms with van der Waals surface area (Å²) in [4.78, 5) is 27.6. The Bertz CT molecular complexity index is 1630. The molecule has 0 unspecified atom stereocenters. The van der Waals surface area contributed by atoms with Gasteiger partial charge in [-0.1, -0.05) is 6.07 Å². The maximum atomic E-state index is 15.5. The van der Waals surface area contributed by atoms with E-state index >= 15 is 4.39 Å². The Labute approximate surface area is 243 Å². The van der Waals surface area contributed by atoms with Crippen molar-refractivity contribution in [2.45, 2.75) is 79.2 Å². The number of amides is 1. The number of carboxylic acid groups (broad SMARTS) is 1. The van der Waals surface area contributed by atoms with Crippen LogP contribution in [0.4, 0.5) is 13.2 Å². The molecule has 0 aromatic heterocycles. The minimum Gasteiger partial charge on any atom is -0.490 e. The van der Waals surface area contributed by atoms with Gasteiger partial charge in [-0.2, -0.15) is 0 Å². The lowest BCUT2D eigenvalue weighted by molar-refractivity contribution is -0.160. The lowest BCUT2D eigenvalue weighted by Crippen LogP contribution is -2.29. The number of carbonyl (C=O) groups excluding carboxylic acids is 1. The van der Waals surface area contributed by atoms with Gasteiger partial charge in [0, 0.05) is 24.2 Å². The Balaban J connectivity index is 1.74. The van der Waals surface area contributed by atoms with Gasteiger partial charge in [0.2, 0.25) is 0 Å². The van der Waals surface area contributed by atoms with Gasteiger partial charge in [0.1, 0.15) is 0 Å². The molecule has 2 heterocycles. The van der Waals surface area contributed by atoms with Crippen LogP contribution in [0.25, 0.3) is 11.1 Å². The number of hydrogen-bond donors (Lipinski definition) is 1. The van der Waals surface area contributed by atoms with Crippen LogP contribution in [-0.4, -0.2) is 34.1 Å². The molecule has 3 aromatic rings. The third-order valence-corrected chi connectivity index (χ3v) is 8.15. The molecule has 0 aliphatic carbocycles. The first-order chi connectivity index (χ1) is 19.7. The SMILES string of the molecule is Cc1c(-c2c(C)c3c(c(C)c2[C@H](OC(C)(C)C)C(=O)O)CN(C(=O)c2cccc(F)c2F)C3)cc(F)c2c1CCCO2. The Hall–Kier alpha value is -3.85. The molecule has 222 valence electrons. The summed E-state index contributed by atoms with van der Waals surface area (Å²) < 4.78 is 55.8. The van der Waals surface area contributed by atoms with Crippen molar-refractivity contribution in [1.82, 2.24) is 4.90 Å². The van der Waals surface area contributed by atoms with Crippen LogP contribution in [0.2, 0.25) is 0 Å². The molecular weight excluding hydrogens is 547 g/mol. The Morgan fingerprint density at radius 2 is 1.64 bits per heavy atom. The van der Waals surface area contributed by atoms with Crippen LogP contribution in [0, 0.1) is 38.2 Å². The van der Waals surface area contributed by atoms with E-state index in [0.29, 0.717) is 46.4 Å². The monoisotopic (exact) mass is 581 g/mol. The molecule has 0 radical (unpaired) electrons. The van der Waals surface area contributed by atoms with Gasteiger partial charge >= 0.3 is 5.97 Å². The molecule has 3 aromatic carbocycles. The van der Waals surface area contributed by atoms with E-state index < -0.39 is 41.0 Å². The minimum atomic E-state index is -1.40. The maximum Gasteiger partial charge on any atom is 0.337 e. The Morgan fingerprint density at radius 1 is 0.976 bits per heavy atom. The number of ether oxygens (including phenoxy) is 2. The molecule has 2 aliphatic rings. The molecule has 5 rings (SSSR count). The summed E-state index contributed by atoms with van der Waals surface area (Å²) in [5, 5.41) is 10.4. The fourth-order valence-electron chi connectivity index (χ4n) is 6.18. The number of carboxylic acids is 1. The summed E-state index contributed by atoms with van der Waals surface area (Å²) in [5.74, 6) is -4.54. The molecule has 0 bridgehead atoms. The van der Waals surface area contributed by atoms with Crippen LogP contribution in [-0.2, 0) is 29.0 Å². The molecule has 9 heteroatoms. The zero-order valence-corrected chi connectivity index (χ0v) is 24.6. The molecule has 1 amide bonds. The normalized spacial score (nSPS) is 15.2. The Kier molecular flexibility index (Phi) is 7.60. The van der Waals surface area contributed by atoms with Gasteiger partial charge in [-0.05, 0) is 112 Å². The lowest BCUT2D eigenvalue weighted by atomic mass is 9.81. The number of benzene rings is 3. The first-order valence-electron chi connectivity index (χ1n) is 13.9. The van der Waals surface area contributed by atoms with Crippen LogP contribution >= 0.6 is 0 Å². The van der Waals surface area contributed by atoms with Gasteiger partial charge in [0.05, 0.1) is 17.8 Å². The van der Waals surface area contributed by atoms with Crippen molar-refractivity contribution >= 4 is 11.9 Å². The highest BCUT2D eigenvalue weighted by molar-refractivity contribution is 5.95. The van der Waals surface area contributed by atoms with E-state index in [1.165, 1.54) is 23.1 Å². The topological polar surface area (TPSA) is 76.1 Å². The molecule has 1 N–H and O–H groups in total. The van der Waals surface area contributed by atoms with Gasteiger partial charge in [0.25, 0.3) is 5.91 Å². The average molecular weight is 582 g/mol. The second-order valence-corrected chi connectivity index (χ2v) is 12.0. The second-order valence-electron chi connectivity index (χ2n) is 12.0. The van der Waals surface area contributed by atoms with Gasteiger partial charge in [-0.15, -0.1) is 0 Å². The molecule has 0 saturated heterocycles. The highest BCUT2D eigenvalue weighted by atomic mass is 19.2. The average Bonchev–Trinajstić information content (AvgIpc) is 3.39. The molecule has 0 saturated carbocycles. The van der Waals surface area contributed by atoms with E-state index in [0.717, 1.165) is 29.2 Å². The van der Waals surface area contributed by atoms with Crippen LogP contribution in [0.15, 0.2) is 24.3 Å². The molecule has 42 heavy (non-hydrogen) atoms. The first-order valence-corrected chi connectivity index (χ1v) is 13.9. The van der Waals surface area contributed by atoms with Crippen LogP contribution < -0.4 is 4.74 Å². The molecule has 0 spiro atoms. The Morgan fingerprint density at radius 3 is 2.29 bits per heavy atom. The largest absolute Gasteiger partial charge is 0.490 e. The third-order valence-electron chi connectivity index (χ3n) is 8.15. The highest BCUT2D eigenvalue weighted by Crippen LogP contribution is 2.47. The third kappa shape index (κ3) is 5.04. The van der Waals surface area contributed by atoms with Crippen molar-refractivity contribution in [2.75, 3.05) is 6.61 Å². The molecule has 6 nitrogen and oxygen atoms in total. The summed E-state index contributed by atoms with van der Waals surface area (Å²) in [5.41, 5.74) is 4.45. The standard InChI is InChI=1S/C33H34F3NO5/c1-16-19-10-8-12-41-29(19)25(35)13-21(16)26-17(2)22-14-37(31(38)20-9-7-11-24(34)28(20)36)15-23(22)18(3)27(26)30(32(39)40)42-33(4,5)6/h7,9,11,13,30H,8,10,12,14-15H2,1-6H3,(H,39,40)/t30-/m0/s1. The molecular formula is C33H34F3NO5. The van der Waals surface area contributed by atoms with Crippen molar-refractivity contribution in [3.8, 4) is 16.9 Å². The summed E-state index contributed by atoms with van der Waals surface area (Å²) >= 11 is 0. The maximum absolute atomic E-state index is 15.5. The van der Waals surface area contributed by atoms with Crippen molar-refractivity contribution in [2.24, 2.45) is 0 Å². The molecule has 1 atom stereocenters. The van der Waals surface area contributed by atoms with E-state index in [2.05, 4.69) is 0 Å². The van der Waals surface area contributed by atoms with Gasteiger partial charge in [0.15, 0.2) is 29.3 Å². The van der Waals surface area contributed by atoms with Crippen LogP contribution in [0.1, 0.15) is 82.6 Å². The number of halogens is 3. The highest BCUT2D eigenvalue weighted by Gasteiger charge is 2.38. The van der Waals surface area contributed by atoms with E-state index in [-0.39, 0.29) is 24.4 Å². The lowest BCUT2D eigenvalue weighted by Gasteiger charge is -2.31. The number of nitrogens with zero attached hydrogens (tertiary/aromatic N) is 1. The van der Waals surface area contributed by atoms with Crippen molar-refractivity contribution < 1.29 is 37.3 Å². The zero-order chi connectivity index (χ0) is 30.7. The van der Waals surface area contributed by atoms with Gasteiger partial charge in [-0.25, -0.2) is 18.0 Å². The van der Waals surface area contributed by atoms with E-state index in [1.54, 1.807) is 27.7 Å². The number of rotatable bonds is 5. The quantitative estimate of drug-likeness (QED) is 0.347. The van der Waals surface area contributed by atoms with Crippen LogP contribution in [0.3, 0.4) is 0 Å². The fourth-order valence-corrected chi connectivity index (χ4v) is 6.18. The second kappa shape index (κ2) is 10.8. The van der Waals surface area contributed by atoms with E-state index in [9.17, 15) is 23.5 Å². The van der Waals surface area contributed by atoms with Crippen LogP contribution in [0.5, 0.6) is 5.75 Å². The number of carbonyl (C=O) groups is 2. The predicted octanol–water partition coefficient (Wildman–Crippen LogP) is 7.12. The van der Waals surface area contributed by atoms with E-state index in [1.807, 2.05) is 13.8 Å². The first kappa shape index (κ1) is 29.6. The van der Waals surface area contributed by atoms with Crippen molar-refractivity contribution in [3.63, 3.8) is 0 Å². The fraction of sp³-hybridized carbons (Fsp3) is 0.394. The van der Waals surface area contributed by atoms with E-state index in [4.69, 9.17) is 9.47 Å². The summed E-state index contributed by atoms with van der Waals surface area (Å²) in [6.45, 7) is 11.3. The predicted molar refractivity (Wildman–Crippen MR) is 151 cm³/mol. The van der Waals surface area contributed by atoms with Gasteiger partial charge in [-0.3, -0.25) is 4.79 Å². The summed E-state index contributed by atoms with van der Waals surface area (Å²) in [6, 6.07) is 4.84. The summed E-state index contributed by atoms with van der Waals surface area (Å²) in [6.07, 6.45) is -0.0547. The van der Waals surface area contributed by atoms with Crippen molar-refractivity contribution in [3.05, 3.63) is 86.2 Å².